The predicted molar refractivity (Wildman–Crippen MR) is 84.7 cm³/mol. The van der Waals surface area contributed by atoms with Crippen LogP contribution < -0.4 is 4.74 Å². The largest absolute Gasteiger partial charge is 0.490 e. The van der Waals surface area contributed by atoms with Gasteiger partial charge >= 0.3 is 0 Å². The molecule has 1 heterocycles. The Balaban J connectivity index is 1.52. The van der Waals surface area contributed by atoms with Crippen LogP contribution in [0.15, 0.2) is 24.3 Å². The van der Waals surface area contributed by atoms with Crippen LogP contribution in [-0.4, -0.2) is 41.2 Å². The van der Waals surface area contributed by atoms with Crippen LogP contribution in [0.5, 0.6) is 5.75 Å². The lowest BCUT2D eigenvalue weighted by atomic mass is 10.0. The molecule has 1 amide bonds. The first-order valence-corrected chi connectivity index (χ1v) is 8.31. The van der Waals surface area contributed by atoms with Crippen LogP contribution in [0.25, 0.3) is 0 Å². The number of nitrogens with zero attached hydrogens (tertiary/aromatic N) is 2. The van der Waals surface area contributed by atoms with Crippen molar-refractivity contribution in [3.63, 3.8) is 0 Å². The molecule has 0 aromatic heterocycles. The fourth-order valence-electron chi connectivity index (χ4n) is 3.49. The number of ether oxygens (including phenoxy) is 1. The standard InChI is InChI=1S/C18H22N2O3/c19-12-13-3-1-4-15(11-13)23-14-7-9-20(10-8-14)18(22)16-5-2-6-17(16)21/h1,3-4,11,14,16-17,21H,2,5-10H2. The number of rotatable bonds is 3. The average Bonchev–Trinajstić information content (AvgIpc) is 3.01. The minimum atomic E-state index is -0.467. The number of hydrogen-bond acceptors (Lipinski definition) is 4. The van der Waals surface area contributed by atoms with Crippen molar-refractivity contribution in [2.75, 3.05) is 13.1 Å². The third-order valence-corrected chi connectivity index (χ3v) is 4.82. The summed E-state index contributed by atoms with van der Waals surface area (Å²) in [5, 5.41) is 18.8. The lowest BCUT2D eigenvalue weighted by molar-refractivity contribution is -0.140. The highest BCUT2D eigenvalue weighted by atomic mass is 16.5. The molecule has 2 aliphatic rings. The molecular weight excluding hydrogens is 292 g/mol. The van der Waals surface area contributed by atoms with Crippen LogP contribution in [-0.2, 0) is 4.79 Å². The van der Waals surface area contributed by atoms with Gasteiger partial charge in [-0.3, -0.25) is 4.79 Å². The maximum atomic E-state index is 12.4. The van der Waals surface area contributed by atoms with E-state index in [0.29, 0.717) is 24.4 Å². The molecule has 5 nitrogen and oxygen atoms in total. The second-order valence-electron chi connectivity index (χ2n) is 6.39. The fraction of sp³-hybridized carbons (Fsp3) is 0.556. The number of hydrogen-bond donors (Lipinski definition) is 1. The van der Waals surface area contributed by atoms with Gasteiger partial charge in [-0.05, 0) is 37.5 Å². The van der Waals surface area contributed by atoms with E-state index in [1.807, 2.05) is 17.0 Å². The summed E-state index contributed by atoms with van der Waals surface area (Å²) in [7, 11) is 0. The number of amides is 1. The highest BCUT2D eigenvalue weighted by molar-refractivity contribution is 5.79. The van der Waals surface area contributed by atoms with Crippen molar-refractivity contribution in [1.29, 1.82) is 5.26 Å². The van der Waals surface area contributed by atoms with Crippen LogP contribution in [0.4, 0.5) is 0 Å². The average molecular weight is 314 g/mol. The Hall–Kier alpha value is -2.06. The van der Waals surface area contributed by atoms with Gasteiger partial charge in [0.15, 0.2) is 0 Å². The molecule has 3 rings (SSSR count). The number of benzene rings is 1. The molecule has 1 aliphatic carbocycles. The number of aliphatic hydroxyl groups excluding tert-OH is 1. The van der Waals surface area contributed by atoms with E-state index < -0.39 is 6.10 Å². The molecule has 2 atom stereocenters. The van der Waals surface area contributed by atoms with Crippen LogP contribution in [0, 0.1) is 17.2 Å². The van der Waals surface area contributed by atoms with Gasteiger partial charge in [0, 0.05) is 25.9 Å². The second kappa shape index (κ2) is 7.01. The van der Waals surface area contributed by atoms with Crippen LogP contribution in [0.3, 0.4) is 0 Å². The molecule has 1 aromatic rings. The molecule has 1 saturated heterocycles. The SMILES string of the molecule is N#Cc1cccc(OC2CCN(C(=O)C3CCCC3O)CC2)c1. The molecule has 1 aliphatic heterocycles. The van der Waals surface area contributed by atoms with Crippen molar-refractivity contribution in [2.24, 2.45) is 5.92 Å². The third-order valence-electron chi connectivity index (χ3n) is 4.82. The van der Waals surface area contributed by atoms with Gasteiger partial charge in [-0.1, -0.05) is 6.07 Å². The van der Waals surface area contributed by atoms with Gasteiger partial charge in [0.05, 0.1) is 23.7 Å². The molecule has 5 heteroatoms. The van der Waals surface area contributed by atoms with Crippen molar-refractivity contribution in [1.82, 2.24) is 4.90 Å². The van der Waals surface area contributed by atoms with E-state index in [0.717, 1.165) is 32.1 Å². The van der Waals surface area contributed by atoms with Gasteiger partial charge in [-0.25, -0.2) is 0 Å². The summed E-state index contributed by atoms with van der Waals surface area (Å²) >= 11 is 0. The quantitative estimate of drug-likeness (QED) is 0.927. The van der Waals surface area contributed by atoms with E-state index in [9.17, 15) is 9.90 Å². The van der Waals surface area contributed by atoms with Gasteiger partial charge in [0.25, 0.3) is 0 Å². The Morgan fingerprint density at radius 2 is 2.04 bits per heavy atom. The smallest absolute Gasteiger partial charge is 0.228 e. The highest BCUT2D eigenvalue weighted by Crippen LogP contribution is 2.29. The van der Waals surface area contributed by atoms with Crippen LogP contribution in [0.1, 0.15) is 37.7 Å². The molecule has 2 unspecified atom stereocenters. The minimum absolute atomic E-state index is 0.0708. The van der Waals surface area contributed by atoms with Gasteiger partial charge < -0.3 is 14.7 Å². The molecule has 1 aromatic carbocycles. The summed E-state index contributed by atoms with van der Waals surface area (Å²) in [6.07, 6.45) is 3.65. The monoisotopic (exact) mass is 314 g/mol. The van der Waals surface area contributed by atoms with Crippen LogP contribution >= 0.6 is 0 Å². The zero-order valence-corrected chi connectivity index (χ0v) is 13.1. The molecule has 1 saturated carbocycles. The fourth-order valence-corrected chi connectivity index (χ4v) is 3.49. The van der Waals surface area contributed by atoms with E-state index in [1.165, 1.54) is 0 Å². The Morgan fingerprint density at radius 1 is 1.26 bits per heavy atom. The number of nitriles is 1. The number of carbonyl (C=O) groups excluding carboxylic acids is 1. The topological polar surface area (TPSA) is 73.6 Å². The van der Waals surface area contributed by atoms with Gasteiger partial charge in [-0.15, -0.1) is 0 Å². The molecule has 1 N–H and O–H groups in total. The van der Waals surface area contributed by atoms with Crippen molar-refractivity contribution in [2.45, 2.75) is 44.3 Å². The Morgan fingerprint density at radius 3 is 2.70 bits per heavy atom. The maximum Gasteiger partial charge on any atom is 0.228 e. The molecular formula is C18H22N2O3. The maximum absolute atomic E-state index is 12.4. The molecule has 0 bridgehead atoms. The number of likely N-dealkylation sites (tertiary alicyclic amines) is 1. The third kappa shape index (κ3) is 3.65. The van der Waals surface area contributed by atoms with E-state index >= 15 is 0 Å². The number of carbonyl (C=O) groups is 1. The zero-order chi connectivity index (χ0) is 16.2. The van der Waals surface area contributed by atoms with Crippen molar-refractivity contribution in [3.05, 3.63) is 29.8 Å². The summed E-state index contributed by atoms with van der Waals surface area (Å²) in [4.78, 5) is 14.3. The van der Waals surface area contributed by atoms with E-state index in [-0.39, 0.29) is 17.9 Å². The first-order valence-electron chi connectivity index (χ1n) is 8.31. The summed E-state index contributed by atoms with van der Waals surface area (Å²) in [5.41, 5.74) is 0.588. The molecule has 122 valence electrons. The predicted octanol–water partition coefficient (Wildman–Crippen LogP) is 2.09. The first-order chi connectivity index (χ1) is 11.2. The van der Waals surface area contributed by atoms with E-state index in [4.69, 9.17) is 10.00 Å². The number of piperidine rings is 1. The Labute approximate surface area is 136 Å². The summed E-state index contributed by atoms with van der Waals surface area (Å²) in [6.45, 7) is 1.34. The summed E-state index contributed by atoms with van der Waals surface area (Å²) < 4.78 is 5.93. The number of aliphatic hydroxyl groups is 1. The van der Waals surface area contributed by atoms with Gasteiger partial charge in [0.2, 0.25) is 5.91 Å². The zero-order valence-electron chi connectivity index (χ0n) is 13.1. The second-order valence-corrected chi connectivity index (χ2v) is 6.39. The molecule has 2 fully saturated rings. The van der Waals surface area contributed by atoms with Crippen molar-refractivity contribution in [3.8, 4) is 11.8 Å². The van der Waals surface area contributed by atoms with Crippen molar-refractivity contribution >= 4 is 5.91 Å². The van der Waals surface area contributed by atoms with Gasteiger partial charge in [0.1, 0.15) is 11.9 Å². The summed E-state index contributed by atoms with van der Waals surface area (Å²) in [5.74, 6) is 0.597. The van der Waals surface area contributed by atoms with Gasteiger partial charge in [-0.2, -0.15) is 5.26 Å². The normalized spacial score (nSPS) is 25.1. The first kappa shape index (κ1) is 15.8. The Kier molecular flexibility index (Phi) is 4.82. The lowest BCUT2D eigenvalue weighted by Crippen LogP contribution is -2.45. The van der Waals surface area contributed by atoms with E-state index in [2.05, 4.69) is 6.07 Å². The highest BCUT2D eigenvalue weighted by Gasteiger charge is 2.35. The lowest BCUT2D eigenvalue weighted by Gasteiger charge is -2.34. The minimum Gasteiger partial charge on any atom is -0.490 e. The van der Waals surface area contributed by atoms with Crippen LogP contribution in [0.2, 0.25) is 0 Å². The molecule has 0 spiro atoms. The molecule has 0 radical (unpaired) electrons. The summed E-state index contributed by atoms with van der Waals surface area (Å²) in [6, 6.07) is 9.27. The molecule has 23 heavy (non-hydrogen) atoms. The van der Waals surface area contributed by atoms with E-state index in [1.54, 1.807) is 12.1 Å². The Bertz CT molecular complexity index is 603. The van der Waals surface area contributed by atoms with Crippen molar-refractivity contribution < 1.29 is 14.6 Å².